The van der Waals surface area contributed by atoms with Crippen molar-refractivity contribution in [1.29, 1.82) is 0 Å². The fraction of sp³-hybridized carbons (Fsp3) is 0.510. The van der Waals surface area contributed by atoms with E-state index in [9.17, 15) is 13.5 Å². The van der Waals surface area contributed by atoms with Crippen molar-refractivity contribution in [3.63, 3.8) is 0 Å². The molecule has 352 valence electrons. The Morgan fingerprint density at radius 1 is 0.562 bits per heavy atom. The Morgan fingerprint density at radius 3 is 1.31 bits per heavy atom. The third kappa shape index (κ3) is 13.7. The van der Waals surface area contributed by atoms with Crippen LogP contribution in [0.4, 0.5) is 0 Å². The Hall–Kier alpha value is -4.61. The summed E-state index contributed by atoms with van der Waals surface area (Å²) in [5, 5.41) is 9.28. The summed E-state index contributed by atoms with van der Waals surface area (Å²) in [6, 6.07) is 28.0. The predicted octanol–water partition coefficient (Wildman–Crippen LogP) is 8.48. The number of ether oxygens (including phenoxy) is 10. The van der Waals surface area contributed by atoms with Gasteiger partial charge in [0.15, 0.2) is 27.2 Å². The van der Waals surface area contributed by atoms with Gasteiger partial charge in [0.1, 0.15) is 34.5 Å². The lowest BCUT2D eigenvalue weighted by Gasteiger charge is -2.43. The van der Waals surface area contributed by atoms with Crippen LogP contribution in [0.1, 0.15) is 86.5 Å². The lowest BCUT2D eigenvalue weighted by molar-refractivity contribution is 0.0504. The van der Waals surface area contributed by atoms with Gasteiger partial charge in [-0.3, -0.25) is 4.18 Å². The molecular weight excluding hydrogens is 845 g/mol. The van der Waals surface area contributed by atoms with Gasteiger partial charge in [-0.15, -0.1) is 0 Å². The number of fused-ring (bicyclic) bond motifs is 2. The lowest BCUT2D eigenvalue weighted by atomic mass is 9.66. The molecule has 2 aliphatic rings. The molecule has 4 atom stereocenters. The number of benzene rings is 4. The summed E-state index contributed by atoms with van der Waals surface area (Å²) in [4.78, 5) is 0. The first-order valence-electron chi connectivity index (χ1n) is 21.6. The number of aliphatic hydroxyl groups is 1. The number of hydrogen-bond donors (Lipinski definition) is 1. The minimum Gasteiger partial charge on any atom is -0.492 e. The third-order valence-electron chi connectivity index (χ3n) is 11.8. The number of aliphatic hydroxyl groups excluding tert-OH is 1. The first-order valence-corrected chi connectivity index (χ1v) is 23.4. The Labute approximate surface area is 379 Å². The highest BCUT2D eigenvalue weighted by Crippen LogP contribution is 2.51. The van der Waals surface area contributed by atoms with Crippen molar-refractivity contribution in [3.8, 4) is 34.5 Å². The molecule has 15 heteroatoms. The number of rotatable bonds is 24. The minimum atomic E-state index is -3.43. The summed E-state index contributed by atoms with van der Waals surface area (Å²) in [7, 11) is 2.94. The summed E-state index contributed by atoms with van der Waals surface area (Å²) in [5.41, 5.74) is 4.12. The van der Waals surface area contributed by atoms with Crippen molar-refractivity contribution >= 4 is 10.1 Å². The molecule has 0 saturated carbocycles. The molecule has 0 radical (unpaired) electrons. The average Bonchev–Trinajstić information content (AvgIpc) is 3.30. The zero-order valence-electron chi connectivity index (χ0n) is 38.3. The molecule has 0 aromatic heterocycles. The smallest absolute Gasteiger partial charge is 0.264 e. The Balaban J connectivity index is 0.000000243. The quantitative estimate of drug-likeness (QED) is 0.0406. The fourth-order valence-corrected chi connectivity index (χ4v) is 8.81. The predicted molar refractivity (Wildman–Crippen MR) is 243 cm³/mol. The zero-order valence-corrected chi connectivity index (χ0v) is 39.1. The van der Waals surface area contributed by atoms with Crippen LogP contribution in [0.15, 0.2) is 84.9 Å². The largest absolute Gasteiger partial charge is 0.492 e. The molecule has 14 nitrogen and oxygen atoms in total. The second kappa shape index (κ2) is 24.6. The van der Waals surface area contributed by atoms with Gasteiger partial charge in [-0.05, 0) is 84.3 Å². The first-order chi connectivity index (χ1) is 30.9. The molecule has 6 rings (SSSR count). The molecule has 0 spiro atoms. The molecule has 0 bridgehead atoms. The van der Waals surface area contributed by atoms with Crippen molar-refractivity contribution < 1.29 is 65.1 Å². The van der Waals surface area contributed by atoms with Gasteiger partial charge >= 0.3 is 0 Å². The zero-order chi connectivity index (χ0) is 46.0. The topological polar surface area (TPSA) is 156 Å². The van der Waals surface area contributed by atoms with Crippen LogP contribution in [0, 0.1) is 0 Å². The molecule has 64 heavy (non-hydrogen) atoms. The highest BCUT2D eigenvalue weighted by molar-refractivity contribution is 7.85. The summed E-state index contributed by atoms with van der Waals surface area (Å²) in [6.07, 6.45) is 6.09. The molecular formula is C49H66O14S. The standard InChI is InChI=1S/C25H34O8S.C24H32O6/c1-25(19-8-10-20(11-9-19)31-17-28-2)16-30-24-15-21(32-18-29-3)12-13-22(24)23(25)7-5-6-14-33-34(4,26)27;1-24(18-7-9-19(10-8-18)29-16-26-2)15-28-23-14-20(30-17-27-3)11-12-21(23)22(24)6-4-5-13-25/h8-13,15,23H,5-7,14,16-18H2,1-4H3;7-12,14,22,25H,4-6,13,15-17H2,1-3H3/t23-,25-;22-,24-/m11/s1. The van der Waals surface area contributed by atoms with Crippen LogP contribution in [0.3, 0.4) is 0 Å². The van der Waals surface area contributed by atoms with E-state index in [1.807, 2.05) is 54.6 Å². The Kier molecular flexibility index (Phi) is 19.4. The summed E-state index contributed by atoms with van der Waals surface area (Å²) >= 11 is 0. The summed E-state index contributed by atoms with van der Waals surface area (Å²) in [6.45, 7) is 6.69. The van der Waals surface area contributed by atoms with Crippen molar-refractivity contribution in [2.75, 3.05) is 88.3 Å². The van der Waals surface area contributed by atoms with Gasteiger partial charge in [0.2, 0.25) is 0 Å². The number of unbranched alkanes of at least 4 members (excludes halogenated alkanes) is 2. The van der Waals surface area contributed by atoms with E-state index >= 15 is 0 Å². The maximum absolute atomic E-state index is 11.3. The van der Waals surface area contributed by atoms with E-state index in [-0.39, 0.29) is 63.1 Å². The van der Waals surface area contributed by atoms with Crippen LogP contribution in [0.2, 0.25) is 0 Å². The van der Waals surface area contributed by atoms with Gasteiger partial charge in [-0.2, -0.15) is 8.42 Å². The van der Waals surface area contributed by atoms with Gasteiger partial charge in [-0.25, -0.2) is 0 Å². The van der Waals surface area contributed by atoms with E-state index in [4.69, 9.17) is 51.6 Å². The summed E-state index contributed by atoms with van der Waals surface area (Å²) in [5.74, 6) is 4.99. The van der Waals surface area contributed by atoms with Crippen molar-refractivity contribution in [2.45, 2.75) is 75.0 Å². The maximum atomic E-state index is 11.3. The van der Waals surface area contributed by atoms with Crippen LogP contribution >= 0.6 is 0 Å². The summed E-state index contributed by atoms with van der Waals surface area (Å²) < 4.78 is 82.1. The van der Waals surface area contributed by atoms with E-state index in [1.165, 1.54) is 11.1 Å². The van der Waals surface area contributed by atoms with E-state index in [0.29, 0.717) is 25.4 Å². The van der Waals surface area contributed by atoms with E-state index < -0.39 is 10.1 Å². The highest BCUT2D eigenvalue weighted by atomic mass is 32.2. The highest BCUT2D eigenvalue weighted by Gasteiger charge is 2.43. The molecule has 0 saturated heterocycles. The fourth-order valence-electron chi connectivity index (χ4n) is 8.39. The van der Waals surface area contributed by atoms with E-state index in [0.717, 1.165) is 78.2 Å². The lowest BCUT2D eigenvalue weighted by Crippen LogP contribution is -2.40. The van der Waals surface area contributed by atoms with Gasteiger partial charge in [0, 0.05) is 69.8 Å². The molecule has 0 aliphatic carbocycles. The van der Waals surface area contributed by atoms with Crippen molar-refractivity contribution in [3.05, 3.63) is 107 Å². The molecule has 1 N–H and O–H groups in total. The minimum absolute atomic E-state index is 0.150. The molecule has 0 amide bonds. The Morgan fingerprint density at radius 2 is 0.938 bits per heavy atom. The molecule has 2 aliphatic heterocycles. The molecule has 4 aromatic carbocycles. The Bertz CT molecular complexity index is 2110. The van der Waals surface area contributed by atoms with E-state index in [1.54, 1.807) is 28.4 Å². The SMILES string of the molecule is COCOc1ccc([C@@]2(C)COc3cc(OCOC)ccc3[C@H]2CCCCO)cc1.COCOc1ccc([C@@]2(C)COc3cc(OCOC)ccc3[C@H]2CCCCOS(C)(=O)=O)cc1. The maximum Gasteiger partial charge on any atom is 0.264 e. The van der Waals surface area contributed by atoms with Crippen molar-refractivity contribution in [2.24, 2.45) is 0 Å². The van der Waals surface area contributed by atoms with Crippen LogP contribution in [0.25, 0.3) is 0 Å². The van der Waals surface area contributed by atoms with Crippen LogP contribution < -0.4 is 28.4 Å². The second-order valence-corrected chi connectivity index (χ2v) is 18.1. The normalized spacial score (nSPS) is 20.1. The number of methoxy groups -OCH3 is 4. The van der Waals surface area contributed by atoms with Crippen LogP contribution in [-0.4, -0.2) is 102 Å². The van der Waals surface area contributed by atoms with Gasteiger partial charge in [-0.1, -0.05) is 63.1 Å². The monoisotopic (exact) mass is 910 g/mol. The van der Waals surface area contributed by atoms with Gasteiger partial charge in [0.05, 0.1) is 26.1 Å². The van der Waals surface area contributed by atoms with Gasteiger partial charge < -0.3 is 52.5 Å². The third-order valence-corrected chi connectivity index (χ3v) is 12.4. The molecule has 0 unspecified atom stereocenters. The van der Waals surface area contributed by atoms with Gasteiger partial charge in [0.25, 0.3) is 10.1 Å². The number of hydrogen-bond acceptors (Lipinski definition) is 14. The van der Waals surface area contributed by atoms with Crippen LogP contribution in [-0.2, 0) is 44.1 Å². The second-order valence-electron chi connectivity index (χ2n) is 16.4. The first kappa shape index (κ1) is 50.4. The van der Waals surface area contributed by atoms with Crippen LogP contribution in [0.5, 0.6) is 34.5 Å². The molecule has 0 fully saturated rings. The molecule has 2 heterocycles. The van der Waals surface area contributed by atoms with E-state index in [2.05, 4.69) is 44.2 Å². The average molecular weight is 911 g/mol. The molecule has 4 aromatic rings. The van der Waals surface area contributed by atoms with Crippen molar-refractivity contribution in [1.82, 2.24) is 0 Å².